The van der Waals surface area contributed by atoms with Gasteiger partial charge in [-0.15, -0.1) is 0 Å². The van der Waals surface area contributed by atoms with Crippen molar-refractivity contribution in [2.75, 3.05) is 11.4 Å². The molecule has 2 heterocycles. The van der Waals surface area contributed by atoms with Crippen LogP contribution in [0, 0.1) is 0 Å². The summed E-state index contributed by atoms with van der Waals surface area (Å²) in [6.45, 7) is 0.747. The van der Waals surface area contributed by atoms with Gasteiger partial charge in [0.15, 0.2) is 0 Å². The molecular weight excluding hydrogens is 202 g/mol. The van der Waals surface area contributed by atoms with Crippen molar-refractivity contribution in [2.24, 2.45) is 0 Å². The van der Waals surface area contributed by atoms with Crippen LogP contribution >= 0.6 is 0 Å². The topological polar surface area (TPSA) is 49.0 Å². The third-order valence-electron chi connectivity index (χ3n) is 2.86. The van der Waals surface area contributed by atoms with Gasteiger partial charge in [0.05, 0.1) is 12.5 Å². The Morgan fingerprint density at radius 2 is 2.25 bits per heavy atom. The average Bonchev–Trinajstić information content (AvgIpc) is 2.98. The second kappa shape index (κ2) is 3.48. The van der Waals surface area contributed by atoms with Crippen LogP contribution in [0.4, 0.5) is 5.69 Å². The van der Waals surface area contributed by atoms with E-state index in [9.17, 15) is 4.79 Å². The summed E-state index contributed by atoms with van der Waals surface area (Å²) in [4.78, 5) is 20.6. The number of hydrogen-bond donors (Lipinski definition) is 1. The maximum atomic E-state index is 12.1. The smallest absolute Gasteiger partial charge is 0.276 e. The number of benzene rings is 1. The lowest BCUT2D eigenvalue weighted by molar-refractivity contribution is 0.0985. The largest absolute Gasteiger partial charge is 0.341 e. The SMILES string of the molecule is O=C(c1cnc[nH]1)N1CCc2ccccc21. The number of carbonyl (C=O) groups excluding carboxylic acids is 1. The fourth-order valence-corrected chi connectivity index (χ4v) is 2.07. The number of H-pyrrole nitrogens is 1. The fourth-order valence-electron chi connectivity index (χ4n) is 2.07. The van der Waals surface area contributed by atoms with Crippen molar-refractivity contribution in [2.45, 2.75) is 6.42 Å². The number of rotatable bonds is 1. The molecule has 0 spiro atoms. The van der Waals surface area contributed by atoms with Crippen LogP contribution in [0.1, 0.15) is 16.1 Å². The van der Waals surface area contributed by atoms with Crippen LogP contribution in [0.3, 0.4) is 0 Å². The highest BCUT2D eigenvalue weighted by molar-refractivity contribution is 6.05. The van der Waals surface area contributed by atoms with Crippen LogP contribution in [0.5, 0.6) is 0 Å². The molecule has 0 saturated carbocycles. The van der Waals surface area contributed by atoms with Crippen LogP contribution < -0.4 is 4.90 Å². The van der Waals surface area contributed by atoms with Crippen LogP contribution in [-0.4, -0.2) is 22.4 Å². The van der Waals surface area contributed by atoms with Crippen LogP contribution in [0.2, 0.25) is 0 Å². The first kappa shape index (κ1) is 9.15. The molecule has 0 atom stereocenters. The van der Waals surface area contributed by atoms with Gasteiger partial charge >= 0.3 is 0 Å². The molecule has 16 heavy (non-hydrogen) atoms. The average molecular weight is 213 g/mol. The summed E-state index contributed by atoms with van der Waals surface area (Å²) in [5.41, 5.74) is 2.79. The van der Waals surface area contributed by atoms with E-state index in [1.54, 1.807) is 11.1 Å². The van der Waals surface area contributed by atoms with Crippen LogP contribution in [0.15, 0.2) is 36.8 Å². The third kappa shape index (κ3) is 1.31. The predicted molar refractivity (Wildman–Crippen MR) is 60.4 cm³/mol. The van der Waals surface area contributed by atoms with Gasteiger partial charge in [-0.2, -0.15) is 0 Å². The number of anilines is 1. The van der Waals surface area contributed by atoms with E-state index in [1.165, 1.54) is 11.9 Å². The van der Waals surface area contributed by atoms with Gasteiger partial charge in [-0.05, 0) is 18.1 Å². The standard InChI is InChI=1S/C12H11N3O/c16-12(10-7-13-8-14-10)15-6-5-9-3-1-2-4-11(9)15/h1-4,7-8H,5-6H2,(H,13,14). The van der Waals surface area contributed by atoms with Gasteiger partial charge in [0.25, 0.3) is 5.91 Å². The number of nitrogens with zero attached hydrogens (tertiary/aromatic N) is 2. The fraction of sp³-hybridized carbons (Fsp3) is 0.167. The first-order valence-corrected chi connectivity index (χ1v) is 5.24. The van der Waals surface area contributed by atoms with Crippen molar-refractivity contribution in [3.63, 3.8) is 0 Å². The third-order valence-corrected chi connectivity index (χ3v) is 2.86. The number of amides is 1. The Labute approximate surface area is 92.9 Å². The quantitative estimate of drug-likeness (QED) is 0.782. The van der Waals surface area contributed by atoms with Crippen LogP contribution in [0.25, 0.3) is 0 Å². The van der Waals surface area contributed by atoms with E-state index < -0.39 is 0 Å². The minimum absolute atomic E-state index is 0.0116. The van der Waals surface area contributed by atoms with E-state index in [-0.39, 0.29) is 5.91 Å². The Bertz CT molecular complexity index is 519. The molecule has 0 fully saturated rings. The van der Waals surface area contributed by atoms with E-state index >= 15 is 0 Å². The number of para-hydroxylation sites is 1. The molecule has 1 aliphatic rings. The van der Waals surface area contributed by atoms with Gasteiger partial charge in [-0.3, -0.25) is 4.79 Å². The molecule has 1 amide bonds. The molecule has 3 rings (SSSR count). The molecule has 80 valence electrons. The van der Waals surface area contributed by atoms with Gasteiger partial charge in [0.1, 0.15) is 5.69 Å². The number of fused-ring (bicyclic) bond motifs is 1. The van der Waals surface area contributed by atoms with Gasteiger partial charge < -0.3 is 9.88 Å². The number of aromatic nitrogens is 2. The highest BCUT2D eigenvalue weighted by atomic mass is 16.2. The second-order valence-corrected chi connectivity index (χ2v) is 3.80. The number of imidazole rings is 1. The van der Waals surface area contributed by atoms with Crippen molar-refractivity contribution in [1.29, 1.82) is 0 Å². The molecule has 2 aromatic rings. The number of nitrogens with one attached hydrogen (secondary N) is 1. The highest BCUT2D eigenvalue weighted by Gasteiger charge is 2.25. The summed E-state index contributed by atoms with van der Waals surface area (Å²) >= 11 is 0. The molecule has 4 heteroatoms. The van der Waals surface area contributed by atoms with E-state index in [2.05, 4.69) is 16.0 Å². The van der Waals surface area contributed by atoms with Gasteiger partial charge in [0.2, 0.25) is 0 Å². The maximum Gasteiger partial charge on any atom is 0.276 e. The molecule has 0 radical (unpaired) electrons. The molecule has 0 unspecified atom stereocenters. The Balaban J connectivity index is 1.96. The Morgan fingerprint density at radius 1 is 1.38 bits per heavy atom. The van der Waals surface area contributed by atoms with Crippen molar-refractivity contribution >= 4 is 11.6 Å². The monoisotopic (exact) mass is 213 g/mol. The Kier molecular flexibility index (Phi) is 1.99. The summed E-state index contributed by atoms with van der Waals surface area (Å²) in [6.07, 6.45) is 4.01. The number of aromatic amines is 1. The first-order chi connectivity index (χ1) is 7.86. The van der Waals surface area contributed by atoms with Gasteiger partial charge in [-0.1, -0.05) is 18.2 Å². The minimum Gasteiger partial charge on any atom is -0.341 e. The lowest BCUT2D eigenvalue weighted by Crippen LogP contribution is -2.29. The van der Waals surface area contributed by atoms with Gasteiger partial charge in [0, 0.05) is 12.2 Å². The lowest BCUT2D eigenvalue weighted by Gasteiger charge is -2.15. The van der Waals surface area contributed by atoms with Crippen molar-refractivity contribution in [1.82, 2.24) is 9.97 Å². The summed E-state index contributed by atoms with van der Waals surface area (Å²) in [6, 6.07) is 8.01. The minimum atomic E-state index is -0.0116. The van der Waals surface area contributed by atoms with Crippen molar-refractivity contribution in [3.8, 4) is 0 Å². The Morgan fingerprint density at radius 3 is 3.06 bits per heavy atom. The van der Waals surface area contributed by atoms with Crippen molar-refractivity contribution < 1.29 is 4.79 Å². The molecule has 0 aliphatic carbocycles. The normalized spacial score (nSPS) is 13.9. The van der Waals surface area contributed by atoms with E-state index in [1.807, 2.05) is 18.2 Å². The van der Waals surface area contributed by atoms with E-state index in [0.717, 1.165) is 18.7 Å². The zero-order valence-electron chi connectivity index (χ0n) is 8.68. The predicted octanol–water partition coefficient (Wildman–Crippen LogP) is 1.61. The molecule has 1 aromatic heterocycles. The van der Waals surface area contributed by atoms with Gasteiger partial charge in [-0.25, -0.2) is 4.98 Å². The molecule has 0 bridgehead atoms. The zero-order chi connectivity index (χ0) is 11.0. The molecule has 1 aliphatic heterocycles. The lowest BCUT2D eigenvalue weighted by atomic mass is 10.2. The number of carbonyl (C=O) groups is 1. The van der Waals surface area contributed by atoms with Crippen molar-refractivity contribution in [3.05, 3.63) is 48.0 Å². The molecule has 1 aromatic carbocycles. The Hall–Kier alpha value is -2.10. The molecule has 1 N–H and O–H groups in total. The summed E-state index contributed by atoms with van der Waals surface area (Å²) in [5, 5.41) is 0. The second-order valence-electron chi connectivity index (χ2n) is 3.80. The highest BCUT2D eigenvalue weighted by Crippen LogP contribution is 2.28. The van der Waals surface area contributed by atoms with E-state index in [4.69, 9.17) is 0 Å². The first-order valence-electron chi connectivity index (χ1n) is 5.24. The van der Waals surface area contributed by atoms with Crippen LogP contribution in [-0.2, 0) is 6.42 Å². The van der Waals surface area contributed by atoms with E-state index in [0.29, 0.717) is 5.69 Å². The summed E-state index contributed by atoms with van der Waals surface area (Å²) < 4.78 is 0. The maximum absolute atomic E-state index is 12.1. The summed E-state index contributed by atoms with van der Waals surface area (Å²) in [7, 11) is 0. The molecular formula is C12H11N3O. The summed E-state index contributed by atoms with van der Waals surface area (Å²) in [5.74, 6) is -0.0116. The molecule has 0 saturated heterocycles. The molecule has 4 nitrogen and oxygen atoms in total. The number of hydrogen-bond acceptors (Lipinski definition) is 2. The zero-order valence-corrected chi connectivity index (χ0v) is 8.68.